The van der Waals surface area contributed by atoms with Gasteiger partial charge in [-0.25, -0.2) is 0 Å². The van der Waals surface area contributed by atoms with Crippen LogP contribution in [0, 0.1) is 10.1 Å². The molecule has 1 heterocycles. The highest BCUT2D eigenvalue weighted by Gasteiger charge is 2.12. The van der Waals surface area contributed by atoms with Crippen LogP contribution in [-0.4, -0.2) is 14.7 Å². The Kier molecular flexibility index (Phi) is 4.39. The van der Waals surface area contributed by atoms with Gasteiger partial charge in [-0.3, -0.25) is 14.8 Å². The summed E-state index contributed by atoms with van der Waals surface area (Å²) in [6.07, 6.45) is 3.42. The van der Waals surface area contributed by atoms with Gasteiger partial charge in [-0.2, -0.15) is 5.10 Å². The Labute approximate surface area is 124 Å². The van der Waals surface area contributed by atoms with Crippen LogP contribution in [0.5, 0.6) is 11.5 Å². The molecular formula is C13H14BrN3O3. The van der Waals surface area contributed by atoms with Crippen molar-refractivity contribution in [2.45, 2.75) is 25.2 Å². The number of hydrogen-bond acceptors (Lipinski definition) is 4. The number of aromatic nitrogens is 2. The molecule has 0 fully saturated rings. The molecule has 2 aromatic rings. The third kappa shape index (κ3) is 3.16. The number of benzene rings is 1. The third-order valence-corrected chi connectivity index (χ3v) is 3.34. The molecule has 0 spiro atoms. The lowest BCUT2D eigenvalue weighted by molar-refractivity contribution is -0.384. The van der Waals surface area contributed by atoms with Gasteiger partial charge in [0, 0.05) is 29.1 Å². The van der Waals surface area contributed by atoms with E-state index in [-0.39, 0.29) is 11.7 Å². The lowest BCUT2D eigenvalue weighted by Crippen LogP contribution is -1.99. The highest BCUT2D eigenvalue weighted by molar-refractivity contribution is 9.08. The zero-order chi connectivity index (χ0) is 14.7. The van der Waals surface area contributed by atoms with E-state index in [2.05, 4.69) is 21.0 Å². The summed E-state index contributed by atoms with van der Waals surface area (Å²) in [5, 5.41) is 15.4. The van der Waals surface area contributed by atoms with Crippen LogP contribution in [0.1, 0.15) is 25.5 Å². The first-order valence-corrected chi connectivity index (χ1v) is 7.18. The van der Waals surface area contributed by atoms with E-state index < -0.39 is 4.92 Å². The number of hydrogen-bond donors (Lipinski definition) is 0. The minimum absolute atomic E-state index is 0.0460. The lowest BCUT2D eigenvalue weighted by Gasteiger charge is -2.08. The number of rotatable bonds is 5. The van der Waals surface area contributed by atoms with Crippen LogP contribution in [0.3, 0.4) is 0 Å². The third-order valence-electron chi connectivity index (χ3n) is 2.73. The number of nitro benzene ring substituents is 1. The molecule has 0 aliphatic heterocycles. The topological polar surface area (TPSA) is 70.2 Å². The van der Waals surface area contributed by atoms with Crippen molar-refractivity contribution in [1.29, 1.82) is 0 Å². The fourth-order valence-electron chi connectivity index (χ4n) is 1.67. The molecule has 0 saturated heterocycles. The number of halogens is 1. The molecule has 0 amide bonds. The minimum atomic E-state index is -0.424. The second-order valence-electron chi connectivity index (χ2n) is 4.53. The Balaban J connectivity index is 2.25. The van der Waals surface area contributed by atoms with Crippen LogP contribution in [-0.2, 0) is 5.33 Å². The zero-order valence-electron chi connectivity index (χ0n) is 11.1. The summed E-state index contributed by atoms with van der Waals surface area (Å²) in [6, 6.07) is 4.77. The summed E-state index contributed by atoms with van der Waals surface area (Å²) in [5.74, 6) is 1.19. The number of nitro groups is 1. The van der Waals surface area contributed by atoms with Crippen LogP contribution < -0.4 is 4.74 Å². The maximum absolute atomic E-state index is 10.8. The summed E-state index contributed by atoms with van der Waals surface area (Å²) < 4.78 is 7.52. The number of non-ortho nitro benzene ring substituents is 1. The monoisotopic (exact) mass is 339 g/mol. The van der Waals surface area contributed by atoms with E-state index in [1.54, 1.807) is 23.1 Å². The summed E-state index contributed by atoms with van der Waals surface area (Å²) in [4.78, 5) is 10.3. The van der Waals surface area contributed by atoms with Gasteiger partial charge in [-0.05, 0) is 19.9 Å². The van der Waals surface area contributed by atoms with E-state index in [1.165, 1.54) is 12.1 Å². The maximum Gasteiger partial charge on any atom is 0.270 e. The number of alkyl halides is 1. The van der Waals surface area contributed by atoms with Gasteiger partial charge in [-0.15, -0.1) is 0 Å². The van der Waals surface area contributed by atoms with E-state index in [4.69, 9.17) is 4.74 Å². The summed E-state index contributed by atoms with van der Waals surface area (Å²) >= 11 is 3.31. The quantitative estimate of drug-likeness (QED) is 0.468. The Morgan fingerprint density at radius 3 is 2.80 bits per heavy atom. The molecule has 0 saturated carbocycles. The predicted octanol–water partition coefficient (Wildman–Crippen LogP) is 4.06. The normalized spacial score (nSPS) is 10.8. The van der Waals surface area contributed by atoms with E-state index in [0.717, 1.165) is 5.56 Å². The van der Waals surface area contributed by atoms with Gasteiger partial charge in [0.15, 0.2) is 5.75 Å². The standard InChI is InChI=1S/C13H14BrN3O3/c1-9(2)16-8-12(7-15-16)20-13-4-3-11(17(18)19)5-10(13)6-14/h3-5,7-9H,6H2,1-2H3. The molecule has 1 aromatic heterocycles. The summed E-state index contributed by atoms with van der Waals surface area (Å²) in [6.45, 7) is 4.04. The first-order valence-electron chi connectivity index (χ1n) is 6.06. The van der Waals surface area contributed by atoms with Crippen LogP contribution in [0.2, 0.25) is 0 Å². The zero-order valence-corrected chi connectivity index (χ0v) is 12.7. The largest absolute Gasteiger partial charge is 0.454 e. The number of ether oxygens (including phenoxy) is 1. The second kappa shape index (κ2) is 6.04. The molecule has 106 valence electrons. The van der Waals surface area contributed by atoms with Crippen LogP contribution in [0.4, 0.5) is 5.69 Å². The van der Waals surface area contributed by atoms with Crippen molar-refractivity contribution < 1.29 is 9.66 Å². The molecular weight excluding hydrogens is 326 g/mol. The summed E-state index contributed by atoms with van der Waals surface area (Å²) in [5.41, 5.74) is 0.765. The molecule has 0 unspecified atom stereocenters. The summed E-state index contributed by atoms with van der Waals surface area (Å²) in [7, 11) is 0. The molecule has 7 heteroatoms. The highest BCUT2D eigenvalue weighted by Crippen LogP contribution is 2.30. The Morgan fingerprint density at radius 2 is 2.25 bits per heavy atom. The first-order chi connectivity index (χ1) is 9.51. The van der Waals surface area contributed by atoms with Gasteiger partial charge in [0.25, 0.3) is 5.69 Å². The minimum Gasteiger partial charge on any atom is -0.454 e. The van der Waals surface area contributed by atoms with Gasteiger partial charge in [0.2, 0.25) is 0 Å². The molecule has 0 radical (unpaired) electrons. The first kappa shape index (κ1) is 14.5. The molecule has 0 bridgehead atoms. The van der Waals surface area contributed by atoms with E-state index in [9.17, 15) is 10.1 Å². The Bertz CT molecular complexity index is 625. The Morgan fingerprint density at radius 1 is 1.50 bits per heavy atom. The SMILES string of the molecule is CC(C)n1cc(Oc2ccc([N+](=O)[O-])cc2CBr)cn1. The van der Waals surface area contributed by atoms with Crippen LogP contribution in [0.15, 0.2) is 30.6 Å². The van der Waals surface area contributed by atoms with Crippen LogP contribution in [0.25, 0.3) is 0 Å². The predicted molar refractivity (Wildman–Crippen MR) is 78.4 cm³/mol. The molecule has 0 atom stereocenters. The van der Waals surface area contributed by atoms with Crippen molar-refractivity contribution in [1.82, 2.24) is 9.78 Å². The van der Waals surface area contributed by atoms with Crippen molar-refractivity contribution in [2.75, 3.05) is 0 Å². The fraction of sp³-hybridized carbons (Fsp3) is 0.308. The second-order valence-corrected chi connectivity index (χ2v) is 5.10. The average molecular weight is 340 g/mol. The molecule has 2 rings (SSSR count). The molecule has 6 nitrogen and oxygen atoms in total. The van der Waals surface area contributed by atoms with Crippen molar-refractivity contribution in [3.8, 4) is 11.5 Å². The Hall–Kier alpha value is -1.89. The van der Waals surface area contributed by atoms with Gasteiger partial charge in [0.1, 0.15) is 5.75 Å². The van der Waals surface area contributed by atoms with Crippen molar-refractivity contribution in [2.24, 2.45) is 0 Å². The van der Waals surface area contributed by atoms with Gasteiger partial charge >= 0.3 is 0 Å². The molecule has 0 aliphatic carbocycles. The molecule has 1 aromatic carbocycles. The van der Waals surface area contributed by atoms with Gasteiger partial charge in [-0.1, -0.05) is 15.9 Å². The fourth-order valence-corrected chi connectivity index (χ4v) is 2.10. The molecule has 0 aliphatic rings. The van der Waals surface area contributed by atoms with Crippen LogP contribution >= 0.6 is 15.9 Å². The van der Waals surface area contributed by atoms with Crippen molar-refractivity contribution in [3.63, 3.8) is 0 Å². The smallest absolute Gasteiger partial charge is 0.270 e. The maximum atomic E-state index is 10.8. The lowest BCUT2D eigenvalue weighted by atomic mass is 10.2. The average Bonchev–Trinajstić information content (AvgIpc) is 2.87. The van der Waals surface area contributed by atoms with E-state index in [1.807, 2.05) is 13.8 Å². The highest BCUT2D eigenvalue weighted by atomic mass is 79.9. The van der Waals surface area contributed by atoms with Crippen molar-refractivity contribution >= 4 is 21.6 Å². The number of nitrogens with zero attached hydrogens (tertiary/aromatic N) is 3. The van der Waals surface area contributed by atoms with Gasteiger partial charge in [0.05, 0.1) is 17.3 Å². The van der Waals surface area contributed by atoms with Gasteiger partial charge < -0.3 is 4.74 Å². The molecule has 20 heavy (non-hydrogen) atoms. The van der Waals surface area contributed by atoms with E-state index in [0.29, 0.717) is 16.8 Å². The van der Waals surface area contributed by atoms with E-state index >= 15 is 0 Å². The van der Waals surface area contributed by atoms with Crippen molar-refractivity contribution in [3.05, 3.63) is 46.3 Å². The molecule has 0 N–H and O–H groups in total.